The van der Waals surface area contributed by atoms with Gasteiger partial charge in [-0.1, -0.05) is 5.21 Å². The van der Waals surface area contributed by atoms with Crippen LogP contribution in [0, 0.1) is 17.5 Å². The number of alkyl halides is 3. The van der Waals surface area contributed by atoms with E-state index in [1.165, 1.54) is 4.68 Å². The normalized spacial score (nSPS) is 15.9. The summed E-state index contributed by atoms with van der Waals surface area (Å²) in [7, 11) is 0. The Balaban J connectivity index is 1.15. The summed E-state index contributed by atoms with van der Waals surface area (Å²) in [5, 5.41) is 58.4. The lowest BCUT2D eigenvalue weighted by atomic mass is 10.0. The summed E-state index contributed by atoms with van der Waals surface area (Å²) in [4.78, 5) is 30.5. The summed E-state index contributed by atoms with van der Waals surface area (Å²) in [5.74, 6) is -6.91. The first-order valence-electron chi connectivity index (χ1n) is 17.6. The number of rotatable bonds is 22. The third-order valence-electron chi connectivity index (χ3n) is 8.68. The number of imidazole rings is 1. The van der Waals surface area contributed by atoms with E-state index in [1.54, 1.807) is 6.20 Å². The van der Waals surface area contributed by atoms with Crippen molar-refractivity contribution < 1.29 is 75.7 Å². The highest BCUT2D eigenvalue weighted by atomic mass is 19.4. The van der Waals surface area contributed by atoms with Crippen molar-refractivity contribution >= 4 is 11.9 Å². The van der Waals surface area contributed by atoms with Crippen molar-refractivity contribution in [3.63, 3.8) is 0 Å². The van der Waals surface area contributed by atoms with Gasteiger partial charge in [-0.25, -0.2) is 27.6 Å². The average molecular weight is 827 g/mol. The molecule has 1 aliphatic rings. The number of carbonyl (C=O) groups is 2. The van der Waals surface area contributed by atoms with Crippen LogP contribution < -0.4 is 11.1 Å². The lowest BCUT2D eigenvalue weighted by Crippen LogP contribution is -2.48. The summed E-state index contributed by atoms with van der Waals surface area (Å²) < 4.78 is 100. The second-order valence-corrected chi connectivity index (χ2v) is 13.0. The molecule has 4 rings (SSSR count). The second-order valence-electron chi connectivity index (χ2n) is 13.0. The third-order valence-corrected chi connectivity index (χ3v) is 8.68. The minimum atomic E-state index is -4.93. The second kappa shape index (κ2) is 20.9. The Morgan fingerprint density at radius 1 is 0.930 bits per heavy atom. The van der Waals surface area contributed by atoms with Gasteiger partial charge in [0, 0.05) is 50.9 Å². The van der Waals surface area contributed by atoms with E-state index in [0.717, 1.165) is 9.47 Å². The number of nitrogens with two attached hydrogens (primary N) is 1. The molecule has 0 saturated carbocycles. The Morgan fingerprint density at radius 3 is 2.30 bits per heavy atom. The van der Waals surface area contributed by atoms with Crippen LogP contribution in [0.2, 0.25) is 0 Å². The van der Waals surface area contributed by atoms with Gasteiger partial charge in [0.25, 0.3) is 0 Å². The highest BCUT2D eigenvalue weighted by molar-refractivity contribution is 5.89. The molecule has 24 heteroatoms. The molecular weight excluding hydrogens is 782 g/mol. The SMILES string of the molecule is NC(CC(=O)N1CCn2c(C(F)(F)F)nc(C(=O)OCCOCCOCCn3cc(CNCC(O)C(O)C(O)C(O)CO)nn3)c2C1)Cc1cc(F)c(F)cc1F. The average Bonchev–Trinajstić information content (AvgIpc) is 3.79. The minimum absolute atomic E-state index is 0.0718. The van der Waals surface area contributed by atoms with Gasteiger partial charge < -0.3 is 60.3 Å². The van der Waals surface area contributed by atoms with Gasteiger partial charge in [0.05, 0.1) is 63.6 Å². The van der Waals surface area contributed by atoms with Gasteiger partial charge in [-0.05, 0) is 18.1 Å². The van der Waals surface area contributed by atoms with Crippen LogP contribution in [0.5, 0.6) is 0 Å². The van der Waals surface area contributed by atoms with Crippen molar-refractivity contribution in [3.05, 3.63) is 64.3 Å². The van der Waals surface area contributed by atoms with Crippen molar-refractivity contribution in [2.45, 2.75) is 75.7 Å². The van der Waals surface area contributed by atoms with E-state index in [-0.39, 0.29) is 76.9 Å². The van der Waals surface area contributed by atoms with Crippen LogP contribution in [0.25, 0.3) is 0 Å². The zero-order valence-electron chi connectivity index (χ0n) is 30.3. The molecule has 5 unspecified atom stereocenters. The molecule has 18 nitrogen and oxygen atoms in total. The Kier molecular flexibility index (Phi) is 16.7. The predicted molar refractivity (Wildman–Crippen MR) is 180 cm³/mol. The molecule has 0 bridgehead atoms. The maximum Gasteiger partial charge on any atom is 0.449 e. The minimum Gasteiger partial charge on any atom is -0.458 e. The monoisotopic (exact) mass is 826 g/mol. The van der Waals surface area contributed by atoms with Gasteiger partial charge in [-0.2, -0.15) is 13.2 Å². The van der Waals surface area contributed by atoms with Crippen LogP contribution in [-0.2, 0) is 57.8 Å². The summed E-state index contributed by atoms with van der Waals surface area (Å²) in [6.45, 7) is -1.56. The first-order valence-corrected chi connectivity index (χ1v) is 17.6. The Bertz CT molecular complexity index is 1780. The van der Waals surface area contributed by atoms with Crippen molar-refractivity contribution in [2.75, 3.05) is 52.7 Å². The molecule has 1 aromatic carbocycles. The Labute approximate surface area is 320 Å². The largest absolute Gasteiger partial charge is 0.458 e. The zero-order chi connectivity index (χ0) is 41.9. The lowest BCUT2D eigenvalue weighted by Gasteiger charge is -2.30. The summed E-state index contributed by atoms with van der Waals surface area (Å²) in [6.07, 6.45) is -10.6. The van der Waals surface area contributed by atoms with E-state index in [1.807, 2.05) is 0 Å². The standard InChI is InChI=1S/C33H44F6N8O10/c34-21-12-23(36)22(35)10-18(21)9-19(40)11-27(51)45-1-2-47-24(16-45)28(42-32(47)33(37,38)39)31(54)57-8-7-56-6-5-55-4-3-46-15-20(43-44-46)13-41-14-25(49)29(52)30(53)26(50)17-48/h10,12,15,19,25-26,29-30,41,48-50,52-53H,1-9,11,13-14,16-17,40H2. The van der Waals surface area contributed by atoms with Crippen LogP contribution in [0.4, 0.5) is 26.3 Å². The third kappa shape index (κ3) is 12.9. The highest BCUT2D eigenvalue weighted by Gasteiger charge is 2.42. The fourth-order valence-electron chi connectivity index (χ4n) is 5.69. The van der Waals surface area contributed by atoms with Crippen molar-refractivity contribution in [1.29, 1.82) is 0 Å². The first-order chi connectivity index (χ1) is 27.0. The number of aromatic nitrogens is 5. The summed E-state index contributed by atoms with van der Waals surface area (Å²) >= 11 is 0. The topological polar surface area (TPSA) is 253 Å². The molecule has 3 heterocycles. The van der Waals surface area contributed by atoms with E-state index in [9.17, 15) is 56.4 Å². The molecule has 0 aliphatic carbocycles. The maximum absolute atomic E-state index is 14.1. The number of hydrogen-bond acceptors (Lipinski definition) is 15. The number of halogens is 6. The molecule has 0 radical (unpaired) electrons. The van der Waals surface area contributed by atoms with Crippen molar-refractivity contribution in [2.24, 2.45) is 5.73 Å². The van der Waals surface area contributed by atoms with Gasteiger partial charge in [0.1, 0.15) is 30.7 Å². The number of aliphatic hydroxyl groups excluding tert-OH is 5. The molecule has 8 N–H and O–H groups in total. The van der Waals surface area contributed by atoms with Gasteiger partial charge in [-0.15, -0.1) is 5.10 Å². The summed E-state index contributed by atoms with van der Waals surface area (Å²) in [6, 6.07) is -0.0645. The number of ether oxygens (including phenoxy) is 3. The Hall–Kier alpha value is -4.27. The molecule has 0 spiro atoms. The number of carbonyl (C=O) groups excluding carboxylic acids is 2. The van der Waals surface area contributed by atoms with Crippen LogP contribution >= 0.6 is 0 Å². The van der Waals surface area contributed by atoms with Gasteiger partial charge in [0.15, 0.2) is 17.3 Å². The molecule has 0 fully saturated rings. The zero-order valence-corrected chi connectivity index (χ0v) is 30.3. The van der Waals surface area contributed by atoms with Crippen molar-refractivity contribution in [1.82, 2.24) is 34.8 Å². The molecule has 5 atom stereocenters. The highest BCUT2D eigenvalue weighted by Crippen LogP contribution is 2.33. The van der Waals surface area contributed by atoms with Crippen molar-refractivity contribution in [3.8, 4) is 0 Å². The number of benzene rings is 1. The fraction of sp³-hybridized carbons (Fsp3) is 0.606. The number of fused-ring (bicyclic) bond motifs is 1. The van der Waals surface area contributed by atoms with Gasteiger partial charge in [-0.3, -0.25) is 4.79 Å². The molecule has 318 valence electrons. The maximum atomic E-state index is 14.1. The molecule has 2 aromatic heterocycles. The number of esters is 1. The van der Waals surface area contributed by atoms with E-state index in [4.69, 9.17) is 25.1 Å². The quantitative estimate of drug-likeness (QED) is 0.0267. The van der Waals surface area contributed by atoms with Gasteiger partial charge >= 0.3 is 12.1 Å². The van der Waals surface area contributed by atoms with Crippen LogP contribution in [0.3, 0.4) is 0 Å². The molecule has 1 amide bonds. The first kappa shape index (κ1) is 45.4. The summed E-state index contributed by atoms with van der Waals surface area (Å²) in [5.41, 5.74) is 5.32. The predicted octanol–water partition coefficient (Wildman–Crippen LogP) is -1.37. The molecule has 1 aliphatic heterocycles. The number of hydrogen-bond donors (Lipinski definition) is 7. The van der Waals surface area contributed by atoms with Crippen LogP contribution in [0.1, 0.15) is 39.7 Å². The smallest absolute Gasteiger partial charge is 0.449 e. The molecule has 0 saturated heterocycles. The number of aliphatic hydroxyl groups is 5. The number of nitrogens with zero attached hydrogens (tertiary/aromatic N) is 6. The van der Waals surface area contributed by atoms with E-state index in [2.05, 4.69) is 20.6 Å². The molecule has 3 aromatic rings. The van der Waals surface area contributed by atoms with E-state index in [0.29, 0.717) is 24.4 Å². The number of amides is 1. The lowest BCUT2D eigenvalue weighted by molar-refractivity contribution is -0.148. The molecular formula is C33H44F6N8O10. The van der Waals surface area contributed by atoms with Crippen LogP contribution in [0.15, 0.2) is 18.3 Å². The van der Waals surface area contributed by atoms with Crippen LogP contribution in [-0.4, -0.2) is 150 Å². The number of nitrogens with one attached hydrogen (secondary N) is 1. The van der Waals surface area contributed by atoms with E-state index >= 15 is 0 Å². The molecule has 57 heavy (non-hydrogen) atoms. The Morgan fingerprint density at radius 2 is 1.60 bits per heavy atom. The van der Waals surface area contributed by atoms with E-state index < -0.39 is 97.1 Å². The fourth-order valence-corrected chi connectivity index (χ4v) is 5.69. The van der Waals surface area contributed by atoms with Gasteiger partial charge in [0.2, 0.25) is 11.7 Å².